The van der Waals surface area contributed by atoms with E-state index in [-0.39, 0.29) is 11.6 Å². The van der Waals surface area contributed by atoms with Crippen LogP contribution < -0.4 is 4.74 Å². The van der Waals surface area contributed by atoms with E-state index in [9.17, 15) is 4.79 Å². The monoisotopic (exact) mass is 379 g/mol. The maximum Gasteiger partial charge on any atom is 0.363 e. The molecule has 1 aliphatic rings. The first-order valence-corrected chi connectivity index (χ1v) is 8.59. The molecule has 2 heterocycles. The molecule has 0 atom stereocenters. The molecule has 0 saturated heterocycles. The maximum absolute atomic E-state index is 12.0. The van der Waals surface area contributed by atoms with Crippen LogP contribution in [0.1, 0.15) is 16.9 Å². The zero-order valence-corrected chi connectivity index (χ0v) is 14.8. The Kier molecular flexibility index (Phi) is 4.77. The van der Waals surface area contributed by atoms with E-state index in [4.69, 9.17) is 25.5 Å². The Morgan fingerprint density at radius 2 is 1.85 bits per heavy atom. The minimum absolute atomic E-state index is 0.163. The molecule has 134 valence electrons. The van der Waals surface area contributed by atoms with Crippen LogP contribution in [-0.4, -0.2) is 11.9 Å². The topological polar surface area (TPSA) is 61.0 Å². The number of nitrogens with zero attached hydrogens (tertiary/aromatic N) is 1. The van der Waals surface area contributed by atoms with Crippen LogP contribution in [0.15, 0.2) is 82.0 Å². The van der Waals surface area contributed by atoms with Gasteiger partial charge in [-0.1, -0.05) is 41.9 Å². The Hall–Kier alpha value is -3.31. The fraction of sp³-hybridized carbons (Fsp3) is 0.0476. The molecule has 3 aromatic rings. The summed E-state index contributed by atoms with van der Waals surface area (Å²) >= 11 is 6.12. The molecule has 0 saturated carbocycles. The highest BCUT2D eigenvalue weighted by atomic mass is 35.5. The Balaban J connectivity index is 1.45. The van der Waals surface area contributed by atoms with Crippen molar-refractivity contribution < 1.29 is 18.7 Å². The van der Waals surface area contributed by atoms with Crippen molar-refractivity contribution in [1.82, 2.24) is 0 Å². The fourth-order valence-electron chi connectivity index (χ4n) is 2.51. The number of benzene rings is 2. The van der Waals surface area contributed by atoms with Crippen molar-refractivity contribution in [3.63, 3.8) is 0 Å². The zero-order valence-electron chi connectivity index (χ0n) is 14.1. The Labute approximate surface area is 160 Å². The lowest BCUT2D eigenvalue weighted by molar-refractivity contribution is -0.130. The van der Waals surface area contributed by atoms with Crippen LogP contribution >= 0.6 is 11.6 Å². The van der Waals surface area contributed by atoms with E-state index in [0.717, 1.165) is 11.1 Å². The largest absolute Gasteiger partial charge is 0.489 e. The number of furan rings is 1. The summed E-state index contributed by atoms with van der Waals surface area (Å²) in [4.78, 5) is 16.1. The van der Waals surface area contributed by atoms with Crippen molar-refractivity contribution in [3.8, 4) is 5.75 Å². The highest BCUT2D eigenvalue weighted by Gasteiger charge is 2.25. The first kappa shape index (κ1) is 17.1. The van der Waals surface area contributed by atoms with Gasteiger partial charge in [0.15, 0.2) is 11.5 Å². The summed E-state index contributed by atoms with van der Waals surface area (Å²) in [5.41, 5.74) is 1.93. The van der Waals surface area contributed by atoms with Gasteiger partial charge in [0.2, 0.25) is 0 Å². The predicted molar refractivity (Wildman–Crippen MR) is 102 cm³/mol. The van der Waals surface area contributed by atoms with Gasteiger partial charge in [-0.05, 0) is 42.0 Å². The lowest BCUT2D eigenvalue weighted by Gasteiger charge is -2.07. The lowest BCUT2D eigenvalue weighted by Crippen LogP contribution is -2.04. The van der Waals surface area contributed by atoms with Crippen LogP contribution in [0.25, 0.3) is 6.08 Å². The van der Waals surface area contributed by atoms with Crippen LogP contribution in [0.5, 0.6) is 5.75 Å². The summed E-state index contributed by atoms with van der Waals surface area (Å²) in [6, 6.07) is 18.2. The summed E-state index contributed by atoms with van der Waals surface area (Å²) in [6.45, 7) is 0.378. The Bertz CT molecular complexity index is 1020. The standard InChI is InChI=1S/C21H14ClNO4/c22-17-5-2-1-4-15(17)13-26-16-9-7-14(8-10-16)12-18-21(24)27-20(23-18)19-6-3-11-25-19/h1-12H,13H2/b18-12-. The van der Waals surface area contributed by atoms with Crippen LogP contribution in [0.4, 0.5) is 0 Å². The molecule has 4 rings (SSSR count). The van der Waals surface area contributed by atoms with Gasteiger partial charge >= 0.3 is 5.97 Å². The number of ether oxygens (including phenoxy) is 2. The van der Waals surface area contributed by atoms with E-state index in [1.807, 2.05) is 48.5 Å². The molecule has 0 fully saturated rings. The lowest BCUT2D eigenvalue weighted by atomic mass is 10.2. The van der Waals surface area contributed by atoms with Crippen molar-refractivity contribution >= 4 is 29.5 Å². The molecule has 0 radical (unpaired) electrons. The van der Waals surface area contributed by atoms with Crippen LogP contribution in [0, 0.1) is 0 Å². The van der Waals surface area contributed by atoms with E-state index < -0.39 is 5.97 Å². The number of cyclic esters (lactones) is 1. The predicted octanol–water partition coefficient (Wildman–Crippen LogP) is 4.86. The molecule has 0 unspecified atom stereocenters. The molecule has 2 aromatic carbocycles. The van der Waals surface area contributed by atoms with Gasteiger partial charge < -0.3 is 13.9 Å². The van der Waals surface area contributed by atoms with E-state index in [0.29, 0.717) is 23.1 Å². The molecule has 0 amide bonds. The SMILES string of the molecule is O=C1OC(c2ccco2)=N/C1=C\c1ccc(OCc2ccccc2Cl)cc1. The average Bonchev–Trinajstić information content (AvgIpc) is 3.33. The number of hydrogen-bond donors (Lipinski definition) is 0. The molecule has 27 heavy (non-hydrogen) atoms. The zero-order chi connectivity index (χ0) is 18.6. The third kappa shape index (κ3) is 3.93. The summed E-state index contributed by atoms with van der Waals surface area (Å²) in [7, 11) is 0. The average molecular weight is 380 g/mol. The van der Waals surface area contributed by atoms with Gasteiger partial charge in [-0.2, -0.15) is 0 Å². The number of halogens is 1. The third-order valence-corrected chi connectivity index (χ3v) is 4.26. The minimum atomic E-state index is -0.513. The quantitative estimate of drug-likeness (QED) is 0.469. The van der Waals surface area contributed by atoms with E-state index in [2.05, 4.69) is 4.99 Å². The molecule has 0 spiro atoms. The van der Waals surface area contributed by atoms with Gasteiger partial charge in [0.1, 0.15) is 12.4 Å². The minimum Gasteiger partial charge on any atom is -0.489 e. The first-order chi connectivity index (χ1) is 13.2. The van der Waals surface area contributed by atoms with E-state index in [1.165, 1.54) is 6.26 Å². The van der Waals surface area contributed by atoms with Gasteiger partial charge in [-0.15, -0.1) is 0 Å². The van der Waals surface area contributed by atoms with E-state index >= 15 is 0 Å². The molecule has 5 nitrogen and oxygen atoms in total. The highest BCUT2D eigenvalue weighted by Crippen LogP contribution is 2.22. The number of esters is 1. The van der Waals surface area contributed by atoms with Gasteiger partial charge in [0.05, 0.1) is 6.26 Å². The van der Waals surface area contributed by atoms with Crippen molar-refractivity contribution in [2.75, 3.05) is 0 Å². The molecule has 0 bridgehead atoms. The number of carbonyl (C=O) groups excluding carboxylic acids is 1. The van der Waals surface area contributed by atoms with Crippen LogP contribution in [-0.2, 0) is 16.1 Å². The summed E-state index contributed by atoms with van der Waals surface area (Å²) in [5, 5.41) is 0.670. The second kappa shape index (κ2) is 7.51. The summed E-state index contributed by atoms with van der Waals surface area (Å²) < 4.78 is 16.1. The van der Waals surface area contributed by atoms with Crippen molar-refractivity contribution in [2.45, 2.75) is 6.61 Å². The molecule has 1 aromatic heterocycles. The molecule has 6 heteroatoms. The smallest absolute Gasteiger partial charge is 0.363 e. The van der Waals surface area contributed by atoms with Crippen LogP contribution in [0.2, 0.25) is 5.02 Å². The molecule has 0 N–H and O–H groups in total. The number of aliphatic imine (C=N–C) groups is 1. The highest BCUT2D eigenvalue weighted by molar-refractivity contribution is 6.31. The fourth-order valence-corrected chi connectivity index (χ4v) is 2.70. The Morgan fingerprint density at radius 3 is 2.59 bits per heavy atom. The number of carbonyl (C=O) groups is 1. The van der Waals surface area contributed by atoms with Gasteiger partial charge in [-0.3, -0.25) is 0 Å². The number of rotatable bonds is 5. The van der Waals surface area contributed by atoms with E-state index in [1.54, 1.807) is 18.2 Å². The second-order valence-electron chi connectivity index (χ2n) is 5.76. The van der Waals surface area contributed by atoms with Crippen LogP contribution in [0.3, 0.4) is 0 Å². The van der Waals surface area contributed by atoms with Crippen molar-refractivity contribution in [3.05, 3.63) is 94.5 Å². The third-order valence-electron chi connectivity index (χ3n) is 3.89. The molecular formula is C21H14ClNO4. The summed E-state index contributed by atoms with van der Waals surface area (Å²) in [6.07, 6.45) is 3.14. The van der Waals surface area contributed by atoms with Crippen molar-refractivity contribution in [1.29, 1.82) is 0 Å². The normalized spacial score (nSPS) is 14.9. The summed E-state index contributed by atoms with van der Waals surface area (Å²) in [5.74, 6) is 0.761. The Morgan fingerprint density at radius 1 is 1.04 bits per heavy atom. The number of hydrogen-bond acceptors (Lipinski definition) is 5. The molecular weight excluding hydrogens is 366 g/mol. The van der Waals surface area contributed by atoms with Gasteiger partial charge in [-0.25, -0.2) is 9.79 Å². The maximum atomic E-state index is 12.0. The van der Waals surface area contributed by atoms with Gasteiger partial charge in [0.25, 0.3) is 5.90 Å². The molecule has 0 aliphatic carbocycles. The van der Waals surface area contributed by atoms with Gasteiger partial charge in [0, 0.05) is 10.6 Å². The second-order valence-corrected chi connectivity index (χ2v) is 6.17. The molecule has 1 aliphatic heterocycles. The van der Waals surface area contributed by atoms with Crippen molar-refractivity contribution in [2.24, 2.45) is 4.99 Å². The first-order valence-electron chi connectivity index (χ1n) is 8.22.